The normalized spacial score (nSPS) is 10.8. The van der Waals surface area contributed by atoms with Crippen LogP contribution in [0.4, 0.5) is 14.5 Å². The van der Waals surface area contributed by atoms with Crippen molar-refractivity contribution in [1.82, 2.24) is 0 Å². The van der Waals surface area contributed by atoms with Crippen molar-refractivity contribution in [2.75, 3.05) is 18.5 Å². The third-order valence-corrected chi connectivity index (χ3v) is 2.97. The number of rotatable bonds is 8. The van der Waals surface area contributed by atoms with Crippen molar-refractivity contribution in [3.8, 4) is 0 Å². The van der Waals surface area contributed by atoms with Crippen molar-refractivity contribution in [2.24, 2.45) is 0 Å². The highest BCUT2D eigenvalue weighted by molar-refractivity contribution is 7.99. The van der Waals surface area contributed by atoms with Gasteiger partial charge in [-0.3, -0.25) is 0 Å². The van der Waals surface area contributed by atoms with Gasteiger partial charge in [-0.15, -0.1) is 0 Å². The Labute approximate surface area is 104 Å². The Hall–Kier alpha value is -0.810. The minimum Gasteiger partial charge on any atom is -0.396 e. The van der Waals surface area contributed by atoms with Crippen LogP contribution in [-0.2, 0) is 0 Å². The van der Waals surface area contributed by atoms with Crippen LogP contribution in [0.15, 0.2) is 29.2 Å². The minimum atomic E-state index is -2.37. The molecule has 0 atom stereocenters. The number of halogens is 2. The Bertz CT molecular complexity index is 306. The van der Waals surface area contributed by atoms with Gasteiger partial charge < -0.3 is 10.4 Å². The number of alkyl halides is 2. The molecule has 0 spiro atoms. The van der Waals surface area contributed by atoms with Crippen molar-refractivity contribution in [2.45, 2.75) is 29.9 Å². The van der Waals surface area contributed by atoms with E-state index in [1.54, 1.807) is 24.3 Å². The summed E-state index contributed by atoms with van der Waals surface area (Å²) >= 11 is 0.553. The predicted octanol–water partition coefficient (Wildman–Crippen LogP) is 3.58. The number of hydrogen-bond acceptors (Lipinski definition) is 3. The van der Waals surface area contributed by atoms with E-state index in [1.165, 1.54) is 0 Å². The van der Waals surface area contributed by atoms with Crippen LogP contribution < -0.4 is 5.32 Å². The standard InChI is InChI=1S/C12H17F2NOS/c13-12(14)17-11-6-4-10(5-7-11)15-8-2-1-3-9-16/h4-7,12,15-16H,1-3,8-9H2. The molecule has 0 aliphatic heterocycles. The van der Waals surface area contributed by atoms with Crippen LogP contribution in [0.3, 0.4) is 0 Å². The zero-order valence-electron chi connectivity index (χ0n) is 9.53. The highest BCUT2D eigenvalue weighted by atomic mass is 32.2. The average Bonchev–Trinajstić information content (AvgIpc) is 2.30. The lowest BCUT2D eigenvalue weighted by Crippen LogP contribution is -2.01. The third kappa shape index (κ3) is 6.48. The molecule has 0 radical (unpaired) electrons. The third-order valence-electron chi connectivity index (χ3n) is 2.24. The monoisotopic (exact) mass is 261 g/mol. The van der Waals surface area contributed by atoms with Gasteiger partial charge in [-0.1, -0.05) is 11.8 Å². The molecule has 0 aliphatic carbocycles. The molecule has 1 aromatic rings. The van der Waals surface area contributed by atoms with Gasteiger partial charge in [0.2, 0.25) is 0 Å². The van der Waals surface area contributed by atoms with E-state index in [9.17, 15) is 8.78 Å². The van der Waals surface area contributed by atoms with Crippen LogP contribution in [0.5, 0.6) is 0 Å². The lowest BCUT2D eigenvalue weighted by Gasteiger charge is -2.07. The summed E-state index contributed by atoms with van der Waals surface area (Å²) in [7, 11) is 0. The maximum atomic E-state index is 12.1. The first kappa shape index (κ1) is 14.3. The molecule has 0 fully saturated rings. The van der Waals surface area contributed by atoms with Gasteiger partial charge in [-0.2, -0.15) is 8.78 Å². The number of anilines is 1. The number of benzene rings is 1. The van der Waals surface area contributed by atoms with Crippen LogP contribution in [-0.4, -0.2) is 24.0 Å². The van der Waals surface area contributed by atoms with Gasteiger partial charge in [0.1, 0.15) is 0 Å². The molecular formula is C12H17F2NOS. The summed E-state index contributed by atoms with van der Waals surface area (Å²) in [6.45, 7) is 1.07. The molecule has 2 nitrogen and oxygen atoms in total. The van der Waals surface area contributed by atoms with Crippen LogP contribution in [0, 0.1) is 0 Å². The van der Waals surface area contributed by atoms with E-state index in [0.29, 0.717) is 16.7 Å². The smallest absolute Gasteiger partial charge is 0.288 e. The molecule has 0 bridgehead atoms. The molecule has 0 aromatic heterocycles. The number of hydrogen-bond donors (Lipinski definition) is 2. The van der Waals surface area contributed by atoms with Crippen molar-refractivity contribution < 1.29 is 13.9 Å². The van der Waals surface area contributed by atoms with E-state index in [4.69, 9.17) is 5.11 Å². The van der Waals surface area contributed by atoms with Gasteiger partial charge >= 0.3 is 0 Å². The van der Waals surface area contributed by atoms with Crippen LogP contribution in [0.2, 0.25) is 0 Å². The second-order valence-electron chi connectivity index (χ2n) is 3.61. The molecule has 1 aromatic carbocycles. The highest BCUT2D eigenvalue weighted by Gasteiger charge is 2.04. The number of aliphatic hydroxyl groups is 1. The van der Waals surface area contributed by atoms with Gasteiger partial charge in [0.15, 0.2) is 0 Å². The molecule has 1 rings (SSSR count). The quantitative estimate of drug-likeness (QED) is 0.554. The molecule has 96 valence electrons. The Balaban J connectivity index is 2.25. The summed E-state index contributed by atoms with van der Waals surface area (Å²) in [4.78, 5) is 0.575. The summed E-state index contributed by atoms with van der Waals surface area (Å²) in [6.07, 6.45) is 2.81. The van der Waals surface area contributed by atoms with Gasteiger partial charge in [0.05, 0.1) is 0 Å². The average molecular weight is 261 g/mol. The molecule has 0 amide bonds. The lowest BCUT2D eigenvalue weighted by molar-refractivity contribution is 0.252. The first-order valence-electron chi connectivity index (χ1n) is 5.62. The lowest BCUT2D eigenvalue weighted by atomic mass is 10.2. The number of thioether (sulfide) groups is 1. The Morgan fingerprint density at radius 1 is 1.12 bits per heavy atom. The van der Waals surface area contributed by atoms with Gasteiger partial charge in [-0.25, -0.2) is 0 Å². The molecule has 0 heterocycles. The van der Waals surface area contributed by atoms with E-state index in [2.05, 4.69) is 5.32 Å². The van der Waals surface area contributed by atoms with Gasteiger partial charge in [0.25, 0.3) is 5.76 Å². The van der Waals surface area contributed by atoms with Gasteiger partial charge in [-0.05, 0) is 43.5 Å². The molecule has 0 saturated carbocycles. The SMILES string of the molecule is OCCCCCNc1ccc(SC(F)F)cc1. The van der Waals surface area contributed by atoms with E-state index < -0.39 is 5.76 Å². The maximum Gasteiger partial charge on any atom is 0.288 e. The summed E-state index contributed by atoms with van der Waals surface area (Å²) in [5, 5.41) is 11.8. The molecule has 0 aliphatic rings. The molecule has 0 saturated heterocycles. The number of unbranched alkanes of at least 4 members (excludes halogenated alkanes) is 2. The Morgan fingerprint density at radius 2 is 1.82 bits per heavy atom. The second-order valence-corrected chi connectivity index (χ2v) is 4.68. The maximum absolute atomic E-state index is 12.1. The van der Waals surface area contributed by atoms with Gasteiger partial charge in [0, 0.05) is 23.7 Å². The fraction of sp³-hybridized carbons (Fsp3) is 0.500. The summed E-state index contributed by atoms with van der Waals surface area (Å²) < 4.78 is 24.1. The van der Waals surface area contributed by atoms with Crippen LogP contribution >= 0.6 is 11.8 Å². The number of aliphatic hydroxyl groups excluding tert-OH is 1. The summed E-state index contributed by atoms with van der Waals surface area (Å²) in [5.74, 6) is -2.37. The largest absolute Gasteiger partial charge is 0.396 e. The minimum absolute atomic E-state index is 0.236. The van der Waals surface area contributed by atoms with Crippen molar-refractivity contribution in [1.29, 1.82) is 0 Å². The van der Waals surface area contributed by atoms with Crippen molar-refractivity contribution in [3.63, 3.8) is 0 Å². The zero-order chi connectivity index (χ0) is 12.5. The van der Waals surface area contributed by atoms with E-state index in [-0.39, 0.29) is 6.61 Å². The second kappa shape index (κ2) is 8.31. The van der Waals surface area contributed by atoms with E-state index in [0.717, 1.165) is 31.5 Å². The Kier molecular flexibility index (Phi) is 6.96. The molecule has 17 heavy (non-hydrogen) atoms. The fourth-order valence-electron chi connectivity index (χ4n) is 1.40. The van der Waals surface area contributed by atoms with Crippen molar-refractivity contribution >= 4 is 17.4 Å². The molecule has 2 N–H and O–H groups in total. The highest BCUT2D eigenvalue weighted by Crippen LogP contribution is 2.26. The summed E-state index contributed by atoms with van der Waals surface area (Å²) in [5.41, 5.74) is 0.938. The first-order chi connectivity index (χ1) is 8.22. The topological polar surface area (TPSA) is 32.3 Å². The molecule has 0 unspecified atom stereocenters. The van der Waals surface area contributed by atoms with Crippen molar-refractivity contribution in [3.05, 3.63) is 24.3 Å². The van der Waals surface area contributed by atoms with Crippen LogP contribution in [0.25, 0.3) is 0 Å². The molecule has 5 heteroatoms. The van der Waals surface area contributed by atoms with E-state index in [1.807, 2.05) is 0 Å². The fourth-order valence-corrected chi connectivity index (χ4v) is 1.90. The Morgan fingerprint density at radius 3 is 2.41 bits per heavy atom. The first-order valence-corrected chi connectivity index (χ1v) is 6.50. The van der Waals surface area contributed by atoms with Crippen LogP contribution in [0.1, 0.15) is 19.3 Å². The van der Waals surface area contributed by atoms with E-state index >= 15 is 0 Å². The number of nitrogens with one attached hydrogen (secondary N) is 1. The predicted molar refractivity (Wildman–Crippen MR) is 67.7 cm³/mol. The zero-order valence-corrected chi connectivity index (χ0v) is 10.4. The molecular weight excluding hydrogens is 244 g/mol. The summed E-state index contributed by atoms with van der Waals surface area (Å²) in [6, 6.07) is 6.98.